The summed E-state index contributed by atoms with van der Waals surface area (Å²) in [6.45, 7) is -2.20. The third-order valence-corrected chi connectivity index (χ3v) is 5.32. The van der Waals surface area contributed by atoms with Crippen molar-refractivity contribution in [2.75, 3.05) is 31.9 Å². The van der Waals surface area contributed by atoms with E-state index in [1.807, 2.05) is 0 Å². The molecule has 10 heteroatoms. The van der Waals surface area contributed by atoms with E-state index in [1.54, 1.807) is 35.2 Å². The van der Waals surface area contributed by atoms with Gasteiger partial charge in [-0.15, -0.1) is 0 Å². The van der Waals surface area contributed by atoms with Gasteiger partial charge in [-0.25, -0.2) is 0 Å². The molecule has 2 amide bonds. The summed E-state index contributed by atoms with van der Waals surface area (Å²) in [6.07, 6.45) is 0.581. The maximum Gasteiger partial charge on any atom is 0.387 e. The van der Waals surface area contributed by atoms with Gasteiger partial charge in [-0.05, 0) is 36.2 Å². The number of hydrogen-bond acceptors (Lipinski definition) is 6. The van der Waals surface area contributed by atoms with Crippen molar-refractivity contribution in [2.24, 2.45) is 5.92 Å². The van der Waals surface area contributed by atoms with Gasteiger partial charge in [0.15, 0.2) is 23.0 Å². The van der Waals surface area contributed by atoms with Crippen LogP contribution in [0.3, 0.4) is 0 Å². The second kappa shape index (κ2) is 9.29. The van der Waals surface area contributed by atoms with Crippen molar-refractivity contribution < 1.29 is 37.3 Å². The molecule has 32 heavy (non-hydrogen) atoms. The molecule has 1 fully saturated rings. The number of methoxy groups -OCH3 is 1. The number of hydrogen-bond donors (Lipinski definition) is 1. The molecule has 2 aliphatic rings. The van der Waals surface area contributed by atoms with Gasteiger partial charge in [-0.1, -0.05) is 6.07 Å². The lowest BCUT2D eigenvalue weighted by Crippen LogP contribution is -2.34. The van der Waals surface area contributed by atoms with E-state index in [-0.39, 0.29) is 43.1 Å². The van der Waals surface area contributed by atoms with Crippen LogP contribution in [0.1, 0.15) is 12.0 Å². The van der Waals surface area contributed by atoms with Crippen LogP contribution in [0.25, 0.3) is 0 Å². The summed E-state index contributed by atoms with van der Waals surface area (Å²) in [7, 11) is 1.36. The Morgan fingerprint density at radius 2 is 2.00 bits per heavy atom. The first-order valence-electron chi connectivity index (χ1n) is 10.0. The predicted molar refractivity (Wildman–Crippen MR) is 109 cm³/mol. The number of fused-ring (bicyclic) bond motifs is 1. The molecular formula is C22H22F2N2O6. The van der Waals surface area contributed by atoms with E-state index in [1.165, 1.54) is 13.2 Å². The molecule has 0 bridgehead atoms. The summed E-state index contributed by atoms with van der Waals surface area (Å²) >= 11 is 0. The first-order valence-corrected chi connectivity index (χ1v) is 10.0. The van der Waals surface area contributed by atoms with Crippen molar-refractivity contribution in [2.45, 2.75) is 19.5 Å². The number of halogens is 2. The molecular weight excluding hydrogens is 426 g/mol. The number of amides is 2. The van der Waals surface area contributed by atoms with Crippen LogP contribution in [-0.4, -0.2) is 45.4 Å². The number of ether oxygens (including phenoxy) is 4. The van der Waals surface area contributed by atoms with Gasteiger partial charge < -0.3 is 29.2 Å². The number of alkyl halides is 2. The van der Waals surface area contributed by atoms with E-state index in [2.05, 4.69) is 10.1 Å². The maximum atomic E-state index is 12.6. The molecule has 4 rings (SSSR count). The third-order valence-electron chi connectivity index (χ3n) is 5.32. The second-order valence-corrected chi connectivity index (χ2v) is 7.35. The average molecular weight is 448 g/mol. The van der Waals surface area contributed by atoms with E-state index in [0.717, 1.165) is 5.56 Å². The quantitative estimate of drug-likeness (QED) is 0.669. The zero-order valence-electron chi connectivity index (χ0n) is 17.3. The first kappa shape index (κ1) is 21.7. The number of carbonyl (C=O) groups excluding carboxylic acids is 2. The summed E-state index contributed by atoms with van der Waals surface area (Å²) in [5.41, 5.74) is 1.45. The fourth-order valence-electron chi connectivity index (χ4n) is 3.72. The van der Waals surface area contributed by atoms with Gasteiger partial charge in [0, 0.05) is 31.3 Å². The van der Waals surface area contributed by atoms with Crippen molar-refractivity contribution in [3.05, 3.63) is 42.0 Å². The lowest BCUT2D eigenvalue weighted by molar-refractivity contribution is -0.126. The van der Waals surface area contributed by atoms with Gasteiger partial charge in [0.1, 0.15) is 0 Å². The highest BCUT2D eigenvalue weighted by Crippen LogP contribution is 2.37. The highest BCUT2D eigenvalue weighted by molar-refractivity contribution is 6.00. The molecule has 2 aromatic rings. The molecule has 1 saturated heterocycles. The van der Waals surface area contributed by atoms with Crippen LogP contribution in [0.2, 0.25) is 0 Å². The number of nitrogens with zero attached hydrogens (tertiary/aromatic N) is 1. The van der Waals surface area contributed by atoms with E-state index in [4.69, 9.17) is 14.2 Å². The number of carbonyl (C=O) groups is 2. The molecule has 8 nitrogen and oxygen atoms in total. The van der Waals surface area contributed by atoms with Crippen molar-refractivity contribution in [1.29, 1.82) is 0 Å². The molecule has 0 aromatic heterocycles. The predicted octanol–water partition coefficient (Wildman–Crippen LogP) is 2.74. The molecule has 2 heterocycles. The summed E-state index contributed by atoms with van der Waals surface area (Å²) in [5, 5.41) is 2.84. The largest absolute Gasteiger partial charge is 0.493 e. The van der Waals surface area contributed by atoms with Crippen LogP contribution in [0.5, 0.6) is 23.0 Å². The van der Waals surface area contributed by atoms with Gasteiger partial charge in [0.25, 0.3) is 0 Å². The van der Waals surface area contributed by atoms with Gasteiger partial charge >= 0.3 is 6.61 Å². The van der Waals surface area contributed by atoms with E-state index < -0.39 is 12.5 Å². The SMILES string of the molecule is COc1cc(CCNC(=O)[C@H]2CC(=O)N(c3ccc4c(c3)OCO4)C2)ccc1OC(F)F. The van der Waals surface area contributed by atoms with Crippen LogP contribution in [0.15, 0.2) is 36.4 Å². The summed E-state index contributed by atoms with van der Waals surface area (Å²) in [4.78, 5) is 26.6. The molecule has 1 N–H and O–H groups in total. The Balaban J connectivity index is 1.31. The Bertz CT molecular complexity index is 1020. The fourth-order valence-corrected chi connectivity index (χ4v) is 3.72. The van der Waals surface area contributed by atoms with E-state index >= 15 is 0 Å². The van der Waals surface area contributed by atoms with Crippen LogP contribution in [-0.2, 0) is 16.0 Å². The average Bonchev–Trinajstić information content (AvgIpc) is 3.40. The molecule has 170 valence electrons. The minimum absolute atomic E-state index is 0.0524. The van der Waals surface area contributed by atoms with Crippen LogP contribution in [0.4, 0.5) is 14.5 Å². The molecule has 0 saturated carbocycles. The minimum atomic E-state index is -2.94. The fraction of sp³-hybridized carbons (Fsp3) is 0.364. The van der Waals surface area contributed by atoms with Gasteiger partial charge in [-0.2, -0.15) is 8.78 Å². The molecule has 0 aliphatic carbocycles. The van der Waals surface area contributed by atoms with E-state index in [9.17, 15) is 18.4 Å². The van der Waals surface area contributed by atoms with E-state index in [0.29, 0.717) is 30.2 Å². The number of anilines is 1. The zero-order chi connectivity index (χ0) is 22.7. The van der Waals surface area contributed by atoms with Crippen LogP contribution in [0, 0.1) is 5.92 Å². The Morgan fingerprint density at radius 1 is 1.19 bits per heavy atom. The van der Waals surface area contributed by atoms with Crippen molar-refractivity contribution in [3.8, 4) is 23.0 Å². The topological polar surface area (TPSA) is 86.3 Å². The number of rotatable bonds is 8. The maximum absolute atomic E-state index is 12.6. The van der Waals surface area contributed by atoms with Crippen molar-refractivity contribution in [3.63, 3.8) is 0 Å². The van der Waals surface area contributed by atoms with Crippen LogP contribution < -0.4 is 29.2 Å². The Morgan fingerprint density at radius 3 is 2.78 bits per heavy atom. The molecule has 0 unspecified atom stereocenters. The van der Waals surface area contributed by atoms with Gasteiger partial charge in [-0.3, -0.25) is 9.59 Å². The van der Waals surface area contributed by atoms with Crippen LogP contribution >= 0.6 is 0 Å². The molecule has 2 aliphatic heterocycles. The molecule has 1 atom stereocenters. The van der Waals surface area contributed by atoms with Gasteiger partial charge in [0.2, 0.25) is 18.6 Å². The van der Waals surface area contributed by atoms with Gasteiger partial charge in [0.05, 0.1) is 13.0 Å². The zero-order valence-corrected chi connectivity index (χ0v) is 17.3. The number of nitrogens with one attached hydrogen (secondary N) is 1. The van der Waals surface area contributed by atoms with Crippen molar-refractivity contribution >= 4 is 17.5 Å². The minimum Gasteiger partial charge on any atom is -0.493 e. The normalized spacial score (nSPS) is 17.1. The summed E-state index contributed by atoms with van der Waals surface area (Å²) in [5.74, 6) is 0.515. The third kappa shape index (κ3) is 4.68. The molecule has 2 aromatic carbocycles. The Kier molecular flexibility index (Phi) is 6.29. The smallest absolute Gasteiger partial charge is 0.387 e. The lowest BCUT2D eigenvalue weighted by Gasteiger charge is -2.17. The highest BCUT2D eigenvalue weighted by atomic mass is 19.3. The number of benzene rings is 2. The molecule has 0 radical (unpaired) electrons. The van der Waals surface area contributed by atoms with Crippen molar-refractivity contribution in [1.82, 2.24) is 5.32 Å². The summed E-state index contributed by atoms with van der Waals surface area (Å²) < 4.78 is 45.0. The highest BCUT2D eigenvalue weighted by Gasteiger charge is 2.35. The standard InChI is InChI=1S/C22H22F2N2O6/c1-29-18-8-13(2-4-17(18)32-22(23)24)6-7-25-21(28)14-9-20(27)26(11-14)15-3-5-16-19(10-15)31-12-30-16/h2-5,8,10,14,22H,6-7,9,11-12H2,1H3,(H,25,28)/t14-/m0/s1. The summed E-state index contributed by atoms with van der Waals surface area (Å²) in [6, 6.07) is 9.86. The second-order valence-electron chi connectivity index (χ2n) is 7.35. The first-order chi connectivity index (χ1) is 15.4. The lowest BCUT2D eigenvalue weighted by atomic mass is 10.1. The Labute approximate surface area is 183 Å². The monoisotopic (exact) mass is 448 g/mol. The Hall–Kier alpha value is -3.56. The molecule has 0 spiro atoms.